The number of imidazole rings is 1. The smallest absolute Gasteiger partial charge is 0.161 e. The maximum absolute atomic E-state index is 10.7. The largest absolute Gasteiger partial charge is 0.497 e. The van der Waals surface area contributed by atoms with Crippen molar-refractivity contribution in [1.82, 2.24) is 14.5 Å². The average Bonchev–Trinajstić information content (AvgIpc) is 3.14. The van der Waals surface area contributed by atoms with Crippen LogP contribution in [0.1, 0.15) is 23.1 Å². The van der Waals surface area contributed by atoms with Crippen LogP contribution in [0.15, 0.2) is 42.5 Å². The van der Waals surface area contributed by atoms with Crippen LogP contribution in [0, 0.1) is 0 Å². The summed E-state index contributed by atoms with van der Waals surface area (Å²) in [5.41, 5.74) is 4.17. The Balaban J connectivity index is 1.51. The van der Waals surface area contributed by atoms with Crippen LogP contribution >= 0.6 is 0 Å². The number of hydrogen-bond acceptors (Lipinski definition) is 6. The van der Waals surface area contributed by atoms with Crippen LogP contribution in [0.25, 0.3) is 11.4 Å². The topological polar surface area (TPSA) is 69.0 Å². The molecule has 1 aliphatic heterocycles. The van der Waals surface area contributed by atoms with E-state index >= 15 is 0 Å². The molecule has 0 spiro atoms. The zero-order valence-electron chi connectivity index (χ0n) is 18.5. The fraction of sp³-hybridized carbons (Fsp3) is 0.375. The lowest BCUT2D eigenvalue weighted by atomic mass is 10.1. The van der Waals surface area contributed by atoms with Crippen molar-refractivity contribution in [2.75, 3.05) is 34.4 Å². The maximum Gasteiger partial charge on any atom is 0.161 e. The first-order valence-electron chi connectivity index (χ1n) is 10.3. The molecule has 1 aromatic heterocycles. The van der Waals surface area contributed by atoms with E-state index in [4.69, 9.17) is 19.2 Å². The number of rotatable bonds is 7. The Morgan fingerprint density at radius 3 is 2.42 bits per heavy atom. The van der Waals surface area contributed by atoms with Crippen molar-refractivity contribution >= 4 is 0 Å². The van der Waals surface area contributed by atoms with E-state index in [0.29, 0.717) is 24.6 Å². The Morgan fingerprint density at radius 2 is 1.74 bits per heavy atom. The Hall–Kier alpha value is -3.03. The van der Waals surface area contributed by atoms with Crippen molar-refractivity contribution in [1.29, 1.82) is 0 Å². The summed E-state index contributed by atoms with van der Waals surface area (Å²) in [6.07, 6.45) is 0.336. The van der Waals surface area contributed by atoms with Crippen LogP contribution in [0.5, 0.6) is 17.2 Å². The number of hydrogen-bond donors (Lipinski definition) is 1. The SMILES string of the molecule is COc1ccc(C(O)CN2CCc3c(nc(-c4ccc(OC)c(OC)c4)n3C)C2)cc1. The van der Waals surface area contributed by atoms with Gasteiger partial charge in [-0.25, -0.2) is 4.98 Å². The number of benzene rings is 2. The first-order chi connectivity index (χ1) is 15.0. The van der Waals surface area contributed by atoms with Gasteiger partial charge in [0.1, 0.15) is 11.6 Å². The highest BCUT2D eigenvalue weighted by Crippen LogP contribution is 2.33. The van der Waals surface area contributed by atoms with Gasteiger partial charge in [0.2, 0.25) is 0 Å². The number of aromatic nitrogens is 2. The third kappa shape index (κ3) is 4.24. The molecule has 7 nitrogen and oxygen atoms in total. The third-order valence-corrected chi connectivity index (χ3v) is 5.91. The van der Waals surface area contributed by atoms with Gasteiger partial charge in [0.15, 0.2) is 11.5 Å². The van der Waals surface area contributed by atoms with Crippen molar-refractivity contribution in [2.45, 2.75) is 19.1 Å². The standard InChI is InChI=1S/C24H29N3O4/c1-26-20-11-12-27(15-21(28)16-5-8-18(29-2)9-6-16)14-19(20)25-24(26)17-7-10-22(30-3)23(13-17)31-4/h5-10,13,21,28H,11-12,14-15H2,1-4H3. The summed E-state index contributed by atoms with van der Waals surface area (Å²) in [6.45, 7) is 2.16. The molecular weight excluding hydrogens is 394 g/mol. The quantitative estimate of drug-likeness (QED) is 0.629. The Bertz CT molecular complexity index is 1050. The van der Waals surface area contributed by atoms with Crippen molar-refractivity contribution in [3.63, 3.8) is 0 Å². The predicted molar refractivity (Wildman–Crippen MR) is 119 cm³/mol. The maximum atomic E-state index is 10.7. The Kier molecular flexibility index (Phi) is 6.15. The van der Waals surface area contributed by atoms with E-state index in [1.165, 1.54) is 5.69 Å². The molecule has 0 saturated carbocycles. The average molecular weight is 424 g/mol. The first-order valence-corrected chi connectivity index (χ1v) is 10.3. The molecule has 4 rings (SSSR count). The summed E-state index contributed by atoms with van der Waals surface area (Å²) in [5.74, 6) is 3.08. The van der Waals surface area contributed by atoms with Gasteiger partial charge in [-0.15, -0.1) is 0 Å². The van der Waals surface area contributed by atoms with Crippen LogP contribution in [0.3, 0.4) is 0 Å². The molecule has 1 unspecified atom stereocenters. The fourth-order valence-electron chi connectivity index (χ4n) is 4.15. The minimum atomic E-state index is -0.554. The Morgan fingerprint density at radius 1 is 1.00 bits per heavy atom. The molecule has 2 aromatic carbocycles. The van der Waals surface area contributed by atoms with Gasteiger partial charge in [0.25, 0.3) is 0 Å². The first kappa shape index (κ1) is 21.2. The van der Waals surface area contributed by atoms with E-state index in [9.17, 15) is 5.11 Å². The zero-order chi connectivity index (χ0) is 22.0. The number of β-amino-alcohol motifs (C(OH)–C–C–N with tert-alkyl or cyclic N) is 1. The molecule has 1 N–H and O–H groups in total. The van der Waals surface area contributed by atoms with Gasteiger partial charge >= 0.3 is 0 Å². The summed E-state index contributed by atoms with van der Waals surface area (Å²) in [7, 11) is 6.96. The molecule has 31 heavy (non-hydrogen) atoms. The summed E-state index contributed by atoms with van der Waals surface area (Å²) in [6, 6.07) is 13.4. The number of nitrogens with zero attached hydrogens (tertiary/aromatic N) is 3. The summed E-state index contributed by atoms with van der Waals surface area (Å²) < 4.78 is 18.2. The fourth-order valence-corrected chi connectivity index (χ4v) is 4.15. The minimum absolute atomic E-state index is 0.554. The van der Waals surface area contributed by atoms with Crippen molar-refractivity contribution in [3.05, 3.63) is 59.4 Å². The van der Waals surface area contributed by atoms with E-state index < -0.39 is 6.10 Å². The summed E-state index contributed by atoms with van der Waals surface area (Å²) in [4.78, 5) is 7.18. The molecule has 0 aliphatic carbocycles. The van der Waals surface area contributed by atoms with Crippen molar-refractivity contribution < 1.29 is 19.3 Å². The second kappa shape index (κ2) is 8.99. The van der Waals surface area contributed by atoms with E-state index in [1.807, 2.05) is 42.5 Å². The van der Waals surface area contributed by atoms with E-state index in [2.05, 4.69) is 16.5 Å². The van der Waals surface area contributed by atoms with Crippen molar-refractivity contribution in [2.24, 2.45) is 7.05 Å². The van der Waals surface area contributed by atoms with E-state index in [-0.39, 0.29) is 0 Å². The minimum Gasteiger partial charge on any atom is -0.497 e. The molecular formula is C24H29N3O4. The van der Waals surface area contributed by atoms with Gasteiger partial charge in [0, 0.05) is 44.4 Å². The van der Waals surface area contributed by atoms with Crippen molar-refractivity contribution in [3.8, 4) is 28.6 Å². The van der Waals surface area contributed by atoms with Crippen LogP contribution in [-0.2, 0) is 20.0 Å². The number of ether oxygens (including phenoxy) is 3. The molecule has 7 heteroatoms. The lowest BCUT2D eigenvalue weighted by Crippen LogP contribution is -2.34. The lowest BCUT2D eigenvalue weighted by molar-refractivity contribution is 0.104. The normalized spacial score (nSPS) is 14.7. The molecule has 0 saturated heterocycles. The molecule has 0 fully saturated rings. The van der Waals surface area contributed by atoms with Gasteiger partial charge in [-0.2, -0.15) is 0 Å². The molecule has 3 aromatic rings. The van der Waals surface area contributed by atoms with Gasteiger partial charge in [0.05, 0.1) is 33.1 Å². The highest BCUT2D eigenvalue weighted by atomic mass is 16.5. The van der Waals surface area contributed by atoms with Gasteiger partial charge in [-0.05, 0) is 35.9 Å². The predicted octanol–water partition coefficient (Wildman–Crippen LogP) is 3.20. The summed E-state index contributed by atoms with van der Waals surface area (Å²) >= 11 is 0. The monoisotopic (exact) mass is 423 g/mol. The van der Waals surface area contributed by atoms with Gasteiger partial charge in [-0.3, -0.25) is 4.90 Å². The van der Waals surface area contributed by atoms with Crippen LogP contribution in [-0.4, -0.2) is 54.0 Å². The third-order valence-electron chi connectivity index (χ3n) is 5.91. The second-order valence-electron chi connectivity index (χ2n) is 7.73. The highest BCUT2D eigenvalue weighted by Gasteiger charge is 2.25. The molecule has 2 heterocycles. The number of fused-ring (bicyclic) bond motifs is 1. The molecule has 0 bridgehead atoms. The van der Waals surface area contributed by atoms with Crippen LogP contribution in [0.2, 0.25) is 0 Å². The number of aliphatic hydroxyl groups excluding tert-OH is 1. The molecule has 1 atom stereocenters. The molecule has 1 aliphatic rings. The molecule has 0 amide bonds. The highest BCUT2D eigenvalue weighted by molar-refractivity contribution is 5.62. The molecule has 0 radical (unpaired) electrons. The molecule has 164 valence electrons. The number of methoxy groups -OCH3 is 3. The Labute approximate surface area is 182 Å². The second-order valence-corrected chi connectivity index (χ2v) is 7.73. The summed E-state index contributed by atoms with van der Waals surface area (Å²) in [5, 5.41) is 10.7. The lowest BCUT2D eigenvalue weighted by Gasteiger charge is -2.28. The zero-order valence-corrected chi connectivity index (χ0v) is 18.5. The van der Waals surface area contributed by atoms with E-state index in [1.54, 1.807) is 21.3 Å². The number of aliphatic hydroxyl groups is 1. The van der Waals surface area contributed by atoms with Crippen LogP contribution < -0.4 is 14.2 Å². The van der Waals surface area contributed by atoms with Crippen LogP contribution in [0.4, 0.5) is 0 Å². The van der Waals surface area contributed by atoms with Gasteiger partial charge in [-0.1, -0.05) is 12.1 Å². The van der Waals surface area contributed by atoms with Gasteiger partial charge < -0.3 is 23.9 Å². The van der Waals surface area contributed by atoms with E-state index in [0.717, 1.165) is 41.4 Å².